The number of halogens is 6. The van der Waals surface area contributed by atoms with Crippen molar-refractivity contribution in [2.75, 3.05) is 17.2 Å². The third kappa shape index (κ3) is 6.19. The lowest BCUT2D eigenvalue weighted by Gasteiger charge is -2.14. The summed E-state index contributed by atoms with van der Waals surface area (Å²) >= 11 is 0. The van der Waals surface area contributed by atoms with Crippen LogP contribution in [0.5, 0.6) is 0 Å². The molecule has 0 fully saturated rings. The lowest BCUT2D eigenvalue weighted by molar-refractivity contribution is -0.143. The Morgan fingerprint density at radius 1 is 0.943 bits per heavy atom. The van der Waals surface area contributed by atoms with Gasteiger partial charge in [0.25, 0.3) is 5.91 Å². The van der Waals surface area contributed by atoms with Gasteiger partial charge in [0.15, 0.2) is 5.69 Å². The lowest BCUT2D eigenvalue weighted by Crippen LogP contribution is -2.28. The fraction of sp³-hybridized carbons (Fsp3) is 0.136. The molecule has 7 nitrogen and oxygen atoms in total. The monoisotopic (exact) mass is 497 g/mol. The molecular weight excluding hydrogens is 480 g/mol. The Morgan fingerprint density at radius 2 is 1.57 bits per heavy atom. The van der Waals surface area contributed by atoms with E-state index in [-0.39, 0.29) is 16.9 Å². The summed E-state index contributed by atoms with van der Waals surface area (Å²) in [5.41, 5.74) is -3.66. The average Bonchev–Trinajstić information content (AvgIpc) is 3.25. The van der Waals surface area contributed by atoms with Gasteiger partial charge >= 0.3 is 18.4 Å². The molecule has 3 rings (SSSR count). The van der Waals surface area contributed by atoms with E-state index in [1.165, 1.54) is 30.3 Å². The molecule has 0 spiro atoms. The highest BCUT2D eigenvalue weighted by molar-refractivity contribution is 6.05. The first-order chi connectivity index (χ1) is 16.4. The summed E-state index contributed by atoms with van der Waals surface area (Å²) in [7, 11) is 0. The minimum atomic E-state index is -5.11. The van der Waals surface area contributed by atoms with E-state index in [4.69, 9.17) is 0 Å². The summed E-state index contributed by atoms with van der Waals surface area (Å²) in [5.74, 6) is -1.18. The fourth-order valence-electron chi connectivity index (χ4n) is 2.97. The van der Waals surface area contributed by atoms with Crippen LogP contribution in [0.3, 0.4) is 0 Å². The van der Waals surface area contributed by atoms with Crippen LogP contribution in [0.1, 0.15) is 21.6 Å². The SMILES string of the molecule is C=CCNC(=O)Nc1ccc(NC(=O)c2cnn(-c3cccc(C(F)(F)F)c3)c2C(F)(F)F)cc1. The predicted molar refractivity (Wildman–Crippen MR) is 115 cm³/mol. The van der Waals surface area contributed by atoms with Crippen molar-refractivity contribution in [2.24, 2.45) is 0 Å². The van der Waals surface area contributed by atoms with Crippen LogP contribution in [0.15, 0.2) is 67.4 Å². The number of aromatic nitrogens is 2. The Kier molecular flexibility index (Phi) is 7.17. The first-order valence-corrected chi connectivity index (χ1v) is 9.80. The van der Waals surface area contributed by atoms with Crippen LogP contribution >= 0.6 is 0 Å². The van der Waals surface area contributed by atoms with Gasteiger partial charge in [-0.3, -0.25) is 4.79 Å². The standard InChI is InChI=1S/C22H17F6N5O2/c1-2-10-29-20(35)32-15-8-6-14(7-9-15)31-19(34)17-12-30-33(18(17)22(26,27)28)16-5-3-4-13(11-16)21(23,24)25/h2-9,11-12H,1,10H2,(H,31,34)(H2,29,32,35). The van der Waals surface area contributed by atoms with Gasteiger partial charge in [-0.2, -0.15) is 31.4 Å². The Balaban J connectivity index is 1.85. The molecule has 0 aliphatic rings. The van der Waals surface area contributed by atoms with E-state index >= 15 is 0 Å². The molecule has 0 radical (unpaired) electrons. The van der Waals surface area contributed by atoms with Gasteiger partial charge in [-0.25, -0.2) is 9.48 Å². The van der Waals surface area contributed by atoms with Crippen LogP contribution < -0.4 is 16.0 Å². The first-order valence-electron chi connectivity index (χ1n) is 9.80. The minimum Gasteiger partial charge on any atom is -0.334 e. The molecule has 1 aromatic heterocycles. The van der Waals surface area contributed by atoms with Crippen molar-refractivity contribution in [1.29, 1.82) is 0 Å². The van der Waals surface area contributed by atoms with Crippen molar-refractivity contribution in [3.05, 3.63) is 84.2 Å². The average molecular weight is 497 g/mol. The van der Waals surface area contributed by atoms with Crippen molar-refractivity contribution in [3.63, 3.8) is 0 Å². The normalized spacial score (nSPS) is 11.6. The fourth-order valence-corrected chi connectivity index (χ4v) is 2.97. The topological polar surface area (TPSA) is 88.1 Å². The summed E-state index contributed by atoms with van der Waals surface area (Å²) in [6.45, 7) is 3.68. The number of anilines is 2. The van der Waals surface area contributed by atoms with Crippen molar-refractivity contribution >= 4 is 23.3 Å². The van der Waals surface area contributed by atoms with Crippen LogP contribution in [0, 0.1) is 0 Å². The number of nitrogens with zero attached hydrogens (tertiary/aromatic N) is 2. The van der Waals surface area contributed by atoms with Crippen LogP contribution in [0.25, 0.3) is 5.69 Å². The van der Waals surface area contributed by atoms with E-state index in [1.54, 1.807) is 0 Å². The number of nitrogens with one attached hydrogen (secondary N) is 3. The first kappa shape index (κ1) is 25.3. The Hall–Kier alpha value is -4.29. The van der Waals surface area contributed by atoms with Crippen LogP contribution in [-0.2, 0) is 12.4 Å². The number of carbonyl (C=O) groups excluding carboxylic acids is 2. The largest absolute Gasteiger partial charge is 0.434 e. The molecule has 3 amide bonds. The van der Waals surface area contributed by atoms with E-state index in [2.05, 4.69) is 27.6 Å². The van der Waals surface area contributed by atoms with Gasteiger partial charge in [0, 0.05) is 17.9 Å². The van der Waals surface area contributed by atoms with Gasteiger partial charge in [-0.05, 0) is 42.5 Å². The van der Waals surface area contributed by atoms with E-state index in [0.717, 1.165) is 12.1 Å². The van der Waals surface area contributed by atoms with Gasteiger partial charge in [-0.15, -0.1) is 6.58 Å². The zero-order valence-corrected chi connectivity index (χ0v) is 17.7. The summed E-state index contributed by atoms with van der Waals surface area (Å²) in [6.07, 6.45) is -7.79. The van der Waals surface area contributed by atoms with Gasteiger partial charge in [0.2, 0.25) is 0 Å². The number of hydrogen-bond donors (Lipinski definition) is 3. The van der Waals surface area contributed by atoms with Crippen LogP contribution in [0.4, 0.5) is 42.5 Å². The van der Waals surface area contributed by atoms with Crippen molar-refractivity contribution in [1.82, 2.24) is 15.1 Å². The summed E-state index contributed by atoms with van der Waals surface area (Å²) < 4.78 is 80.7. The quantitative estimate of drug-likeness (QED) is 0.312. The molecule has 13 heteroatoms. The second kappa shape index (κ2) is 9.91. The van der Waals surface area contributed by atoms with Crippen LogP contribution in [-0.4, -0.2) is 28.3 Å². The van der Waals surface area contributed by atoms with E-state index in [0.29, 0.717) is 24.0 Å². The third-order valence-corrected chi connectivity index (χ3v) is 4.51. The molecule has 0 bridgehead atoms. The number of hydrogen-bond acceptors (Lipinski definition) is 3. The second-order valence-corrected chi connectivity index (χ2v) is 7.02. The molecule has 0 aliphatic carbocycles. The number of carbonyl (C=O) groups is 2. The highest BCUT2D eigenvalue weighted by Gasteiger charge is 2.41. The highest BCUT2D eigenvalue weighted by atomic mass is 19.4. The maximum absolute atomic E-state index is 13.8. The molecule has 0 saturated heterocycles. The minimum absolute atomic E-state index is 0.104. The van der Waals surface area contributed by atoms with E-state index < -0.39 is 46.8 Å². The molecular formula is C22H17F6N5O2. The molecule has 0 atom stereocenters. The number of rotatable bonds is 6. The molecule has 2 aromatic carbocycles. The smallest absolute Gasteiger partial charge is 0.334 e. The van der Waals surface area contributed by atoms with E-state index in [9.17, 15) is 35.9 Å². The maximum atomic E-state index is 13.8. The zero-order valence-electron chi connectivity index (χ0n) is 17.7. The Labute approximate surface area is 194 Å². The maximum Gasteiger partial charge on any atom is 0.434 e. The second-order valence-electron chi connectivity index (χ2n) is 7.02. The molecule has 3 aromatic rings. The zero-order chi connectivity index (χ0) is 25.8. The van der Waals surface area contributed by atoms with Gasteiger partial charge in [0.1, 0.15) is 0 Å². The predicted octanol–water partition coefficient (Wildman–Crippen LogP) is 5.47. The van der Waals surface area contributed by atoms with Crippen molar-refractivity contribution in [2.45, 2.75) is 12.4 Å². The van der Waals surface area contributed by atoms with Gasteiger partial charge in [-0.1, -0.05) is 12.1 Å². The molecule has 3 N–H and O–H groups in total. The molecule has 0 unspecified atom stereocenters. The number of amides is 3. The molecule has 35 heavy (non-hydrogen) atoms. The van der Waals surface area contributed by atoms with Gasteiger partial charge < -0.3 is 16.0 Å². The van der Waals surface area contributed by atoms with E-state index in [1.807, 2.05) is 0 Å². The van der Waals surface area contributed by atoms with Crippen LogP contribution in [0.2, 0.25) is 0 Å². The lowest BCUT2D eigenvalue weighted by atomic mass is 10.1. The summed E-state index contributed by atoms with van der Waals surface area (Å²) in [5, 5.41) is 10.8. The summed E-state index contributed by atoms with van der Waals surface area (Å²) in [6, 6.07) is 8.12. The Bertz CT molecular complexity index is 1230. The summed E-state index contributed by atoms with van der Waals surface area (Å²) in [4.78, 5) is 24.2. The molecule has 1 heterocycles. The van der Waals surface area contributed by atoms with Gasteiger partial charge in [0.05, 0.1) is 23.0 Å². The highest BCUT2D eigenvalue weighted by Crippen LogP contribution is 2.35. The molecule has 0 saturated carbocycles. The number of urea groups is 1. The number of alkyl halides is 6. The van der Waals surface area contributed by atoms with Crippen molar-refractivity contribution < 1.29 is 35.9 Å². The van der Waals surface area contributed by atoms with Crippen molar-refractivity contribution in [3.8, 4) is 5.69 Å². The third-order valence-electron chi connectivity index (χ3n) is 4.51. The molecule has 0 aliphatic heterocycles. The Morgan fingerprint density at radius 3 is 2.14 bits per heavy atom. The number of benzene rings is 2. The molecule has 184 valence electrons.